The monoisotopic (exact) mass is 378 g/mol. The predicted molar refractivity (Wildman–Crippen MR) is 122 cm³/mol. The lowest BCUT2D eigenvalue weighted by Gasteiger charge is -2.28. The van der Waals surface area contributed by atoms with Crippen molar-refractivity contribution >= 4 is 16.5 Å². The third-order valence-corrected chi connectivity index (χ3v) is 5.83. The number of rotatable bonds is 5. The fourth-order valence-corrected chi connectivity index (χ4v) is 4.40. The molecule has 1 aliphatic heterocycles. The van der Waals surface area contributed by atoms with Crippen molar-refractivity contribution in [2.24, 2.45) is 0 Å². The lowest BCUT2D eigenvalue weighted by Crippen LogP contribution is -2.29. The average molecular weight is 379 g/mol. The summed E-state index contributed by atoms with van der Waals surface area (Å²) in [5.41, 5.74) is 6.87. The van der Waals surface area contributed by atoms with Crippen LogP contribution in [0.5, 0.6) is 0 Å². The molecule has 0 fully saturated rings. The first-order chi connectivity index (χ1) is 14.4. The number of aromatic nitrogens is 1. The molecular formula is C27H26N2. The summed E-state index contributed by atoms with van der Waals surface area (Å²) >= 11 is 0. The van der Waals surface area contributed by atoms with Gasteiger partial charge in [-0.25, -0.2) is 0 Å². The lowest BCUT2D eigenvalue weighted by molar-refractivity contribution is 0.296. The molecule has 2 nitrogen and oxygen atoms in total. The van der Waals surface area contributed by atoms with E-state index in [0.717, 1.165) is 32.6 Å². The average Bonchev–Trinajstić information content (AvgIpc) is 3.18. The first-order valence-corrected chi connectivity index (χ1v) is 10.4. The summed E-state index contributed by atoms with van der Waals surface area (Å²) in [7, 11) is 0. The Labute approximate surface area is 172 Å². The van der Waals surface area contributed by atoms with E-state index in [9.17, 15) is 0 Å². The van der Waals surface area contributed by atoms with Crippen molar-refractivity contribution in [3.8, 4) is 0 Å². The molecule has 1 aromatic heterocycles. The minimum atomic E-state index is 0.910. The smallest absolute Gasteiger partial charge is 0.0489 e. The zero-order chi connectivity index (χ0) is 19.5. The maximum absolute atomic E-state index is 2.56. The van der Waals surface area contributed by atoms with Crippen molar-refractivity contribution in [1.29, 1.82) is 0 Å². The van der Waals surface area contributed by atoms with Crippen LogP contribution >= 0.6 is 0 Å². The van der Waals surface area contributed by atoms with E-state index in [1.165, 1.54) is 33.2 Å². The third-order valence-electron chi connectivity index (χ3n) is 5.83. The van der Waals surface area contributed by atoms with Gasteiger partial charge in [0.25, 0.3) is 0 Å². The second kappa shape index (κ2) is 8.10. The molecule has 4 aromatic rings. The molecule has 2 heteroatoms. The molecule has 3 aromatic carbocycles. The van der Waals surface area contributed by atoms with Crippen LogP contribution in [-0.4, -0.2) is 22.6 Å². The van der Waals surface area contributed by atoms with E-state index in [0.29, 0.717) is 0 Å². The van der Waals surface area contributed by atoms with Crippen molar-refractivity contribution in [3.63, 3.8) is 0 Å². The van der Waals surface area contributed by atoms with Gasteiger partial charge in [-0.3, -0.25) is 4.90 Å². The van der Waals surface area contributed by atoms with Crippen LogP contribution in [0.3, 0.4) is 0 Å². The molecule has 0 saturated carbocycles. The molecule has 0 saturated heterocycles. The van der Waals surface area contributed by atoms with Crippen LogP contribution in [0.1, 0.15) is 23.1 Å². The third kappa shape index (κ3) is 3.90. The fraction of sp³-hybridized carbons (Fsp3) is 0.185. The van der Waals surface area contributed by atoms with Gasteiger partial charge in [-0.1, -0.05) is 78.9 Å². The van der Waals surface area contributed by atoms with Gasteiger partial charge in [0.1, 0.15) is 0 Å². The Morgan fingerprint density at radius 2 is 1.41 bits per heavy atom. The summed E-state index contributed by atoms with van der Waals surface area (Å²) < 4.78 is 2.36. The van der Waals surface area contributed by atoms with Gasteiger partial charge in [-0.15, -0.1) is 0 Å². The molecule has 0 spiro atoms. The van der Waals surface area contributed by atoms with Crippen LogP contribution in [0, 0.1) is 0 Å². The van der Waals surface area contributed by atoms with Gasteiger partial charge < -0.3 is 4.57 Å². The van der Waals surface area contributed by atoms with E-state index in [-0.39, 0.29) is 0 Å². The number of benzene rings is 3. The van der Waals surface area contributed by atoms with Gasteiger partial charge in [0, 0.05) is 43.3 Å². The summed E-state index contributed by atoms with van der Waals surface area (Å²) in [4.78, 5) is 2.56. The Hall–Kier alpha value is -3.10. The van der Waals surface area contributed by atoms with Crippen LogP contribution in [0.2, 0.25) is 0 Å². The van der Waals surface area contributed by atoms with Crippen molar-refractivity contribution < 1.29 is 0 Å². The topological polar surface area (TPSA) is 8.17 Å². The standard InChI is InChI=1S/C27H26N2/c1-3-9-22(10-4-1)19-28-17-8-13-24(21-28)25-14-7-15-27-26(25)16-18-29(27)20-23-11-5-2-6-12-23/h1-7,9-16,18H,8,17,19-21H2. The second-order valence-corrected chi connectivity index (χ2v) is 7.88. The molecule has 0 amide bonds. The van der Waals surface area contributed by atoms with E-state index >= 15 is 0 Å². The zero-order valence-corrected chi connectivity index (χ0v) is 16.7. The number of hydrogen-bond acceptors (Lipinski definition) is 1. The predicted octanol–water partition coefficient (Wildman–Crippen LogP) is 5.98. The summed E-state index contributed by atoms with van der Waals surface area (Å²) in [6.45, 7) is 4.07. The quantitative estimate of drug-likeness (QED) is 0.415. The molecule has 2 heterocycles. The highest BCUT2D eigenvalue weighted by atomic mass is 15.1. The molecule has 0 unspecified atom stereocenters. The number of fused-ring (bicyclic) bond motifs is 1. The highest BCUT2D eigenvalue weighted by Crippen LogP contribution is 2.29. The van der Waals surface area contributed by atoms with Crippen LogP contribution in [0.15, 0.2) is 97.2 Å². The molecule has 0 atom stereocenters. The van der Waals surface area contributed by atoms with Crippen LogP contribution in [0.25, 0.3) is 16.5 Å². The Morgan fingerprint density at radius 3 is 2.17 bits per heavy atom. The maximum atomic E-state index is 2.56. The Morgan fingerprint density at radius 1 is 0.690 bits per heavy atom. The van der Waals surface area contributed by atoms with Gasteiger partial charge in [0.2, 0.25) is 0 Å². The van der Waals surface area contributed by atoms with Crippen molar-refractivity contribution in [1.82, 2.24) is 9.47 Å². The molecule has 0 radical (unpaired) electrons. The molecular weight excluding hydrogens is 352 g/mol. The highest BCUT2D eigenvalue weighted by molar-refractivity contribution is 5.93. The van der Waals surface area contributed by atoms with E-state index < -0.39 is 0 Å². The summed E-state index contributed by atoms with van der Waals surface area (Å²) in [5.74, 6) is 0. The molecule has 0 aliphatic carbocycles. The van der Waals surface area contributed by atoms with Crippen LogP contribution in [0.4, 0.5) is 0 Å². The fourth-order valence-electron chi connectivity index (χ4n) is 4.40. The molecule has 29 heavy (non-hydrogen) atoms. The first-order valence-electron chi connectivity index (χ1n) is 10.4. The Bertz CT molecular complexity index is 1120. The molecule has 0 bridgehead atoms. The second-order valence-electron chi connectivity index (χ2n) is 7.88. The van der Waals surface area contributed by atoms with E-state index in [1.807, 2.05) is 0 Å². The van der Waals surface area contributed by atoms with Crippen molar-refractivity contribution in [2.45, 2.75) is 19.5 Å². The van der Waals surface area contributed by atoms with Crippen LogP contribution in [-0.2, 0) is 13.1 Å². The largest absolute Gasteiger partial charge is 0.343 e. The number of hydrogen-bond donors (Lipinski definition) is 0. The van der Waals surface area contributed by atoms with E-state index in [1.54, 1.807) is 0 Å². The van der Waals surface area contributed by atoms with Gasteiger partial charge in [-0.05, 0) is 40.8 Å². The minimum Gasteiger partial charge on any atom is -0.343 e. The van der Waals surface area contributed by atoms with Gasteiger partial charge in [-0.2, -0.15) is 0 Å². The summed E-state index contributed by atoms with van der Waals surface area (Å²) in [5, 5.41) is 1.36. The summed E-state index contributed by atoms with van der Waals surface area (Å²) in [6.07, 6.45) is 5.78. The highest BCUT2D eigenvalue weighted by Gasteiger charge is 2.17. The lowest BCUT2D eigenvalue weighted by atomic mass is 9.97. The molecule has 144 valence electrons. The zero-order valence-electron chi connectivity index (χ0n) is 16.7. The minimum absolute atomic E-state index is 0.910. The summed E-state index contributed by atoms with van der Waals surface area (Å²) in [6, 6.07) is 30.5. The van der Waals surface area contributed by atoms with E-state index in [2.05, 4.69) is 107 Å². The molecule has 1 aliphatic rings. The molecule has 0 N–H and O–H groups in total. The Balaban J connectivity index is 1.41. The Kier molecular flexibility index (Phi) is 5.02. The first kappa shape index (κ1) is 18.0. The number of nitrogens with zero attached hydrogens (tertiary/aromatic N) is 2. The molecule has 5 rings (SSSR count). The van der Waals surface area contributed by atoms with Gasteiger partial charge >= 0.3 is 0 Å². The van der Waals surface area contributed by atoms with Crippen molar-refractivity contribution in [3.05, 3.63) is 114 Å². The van der Waals surface area contributed by atoms with Crippen molar-refractivity contribution in [2.75, 3.05) is 13.1 Å². The normalized spacial score (nSPS) is 14.8. The van der Waals surface area contributed by atoms with Gasteiger partial charge in [0.05, 0.1) is 0 Å². The van der Waals surface area contributed by atoms with Crippen LogP contribution < -0.4 is 0 Å². The SMILES string of the molecule is C1=C(c2cccc3c2ccn3Cc2ccccc2)CN(Cc2ccccc2)CC1. The van der Waals surface area contributed by atoms with Gasteiger partial charge in [0.15, 0.2) is 0 Å². The van der Waals surface area contributed by atoms with E-state index in [4.69, 9.17) is 0 Å². The maximum Gasteiger partial charge on any atom is 0.0489 e.